The third-order valence-electron chi connectivity index (χ3n) is 2.14. The van der Waals surface area contributed by atoms with Gasteiger partial charge < -0.3 is 14.8 Å². The predicted molar refractivity (Wildman–Crippen MR) is 65.9 cm³/mol. The second-order valence-corrected chi connectivity index (χ2v) is 5.37. The van der Waals surface area contributed by atoms with Gasteiger partial charge in [0.05, 0.1) is 0 Å². The van der Waals surface area contributed by atoms with Crippen molar-refractivity contribution in [2.45, 2.75) is 17.2 Å². The lowest BCUT2D eigenvalue weighted by Gasteiger charge is -2.33. The molecule has 0 saturated heterocycles. The van der Waals surface area contributed by atoms with E-state index in [0.29, 0.717) is 6.20 Å². The fourth-order valence-corrected chi connectivity index (χ4v) is 1.25. The zero-order valence-electron chi connectivity index (χ0n) is 11.5. The SMILES string of the molecule is C=CNC(=O)C(OCC(F)(F)S(=O)(=O)O)(OC(=O)C=C)C(F)(F)F. The van der Waals surface area contributed by atoms with Gasteiger partial charge in [-0.25, -0.2) is 4.79 Å². The summed E-state index contributed by atoms with van der Waals surface area (Å²) < 4.78 is 102. The van der Waals surface area contributed by atoms with E-state index in [2.05, 4.69) is 22.6 Å². The molecule has 138 valence electrons. The summed E-state index contributed by atoms with van der Waals surface area (Å²) in [5.74, 6) is -8.87. The first-order chi connectivity index (χ1) is 10.6. The second-order valence-electron chi connectivity index (χ2n) is 3.82. The Balaban J connectivity index is 6.00. The van der Waals surface area contributed by atoms with Crippen LogP contribution in [0.3, 0.4) is 0 Å². The monoisotopic (exact) mass is 383 g/mol. The highest BCUT2D eigenvalue weighted by molar-refractivity contribution is 7.86. The molecule has 0 heterocycles. The molecule has 0 radical (unpaired) electrons. The van der Waals surface area contributed by atoms with Crippen LogP contribution in [0.25, 0.3) is 0 Å². The summed E-state index contributed by atoms with van der Waals surface area (Å²) in [4.78, 5) is 22.6. The van der Waals surface area contributed by atoms with Gasteiger partial charge in [-0.15, -0.1) is 0 Å². The molecule has 0 bridgehead atoms. The molecule has 0 aromatic rings. The van der Waals surface area contributed by atoms with Gasteiger partial charge in [-0.3, -0.25) is 9.35 Å². The van der Waals surface area contributed by atoms with Gasteiger partial charge in [-0.05, 0) is 6.20 Å². The van der Waals surface area contributed by atoms with Gasteiger partial charge >= 0.3 is 39.2 Å². The zero-order valence-corrected chi connectivity index (χ0v) is 12.3. The molecule has 2 N–H and O–H groups in total. The average molecular weight is 383 g/mol. The van der Waals surface area contributed by atoms with Crippen LogP contribution in [0.15, 0.2) is 25.4 Å². The van der Waals surface area contributed by atoms with Crippen LogP contribution < -0.4 is 5.32 Å². The third-order valence-corrected chi connectivity index (χ3v) is 3.01. The molecule has 0 saturated carbocycles. The van der Waals surface area contributed by atoms with Crippen molar-refractivity contribution in [3.05, 3.63) is 25.4 Å². The summed E-state index contributed by atoms with van der Waals surface area (Å²) in [5.41, 5.74) is 0. The Labute approximate surface area is 131 Å². The molecule has 0 aromatic carbocycles. The van der Waals surface area contributed by atoms with E-state index >= 15 is 0 Å². The number of carbonyl (C=O) groups is 2. The smallest absolute Gasteiger partial charge is 0.412 e. The van der Waals surface area contributed by atoms with Crippen molar-refractivity contribution < 1.29 is 54.0 Å². The average Bonchev–Trinajstić information content (AvgIpc) is 2.40. The maximum Gasteiger partial charge on any atom is 0.466 e. The van der Waals surface area contributed by atoms with Crippen LogP contribution in [-0.4, -0.2) is 48.7 Å². The highest BCUT2D eigenvalue weighted by Gasteiger charge is 2.67. The number of nitrogens with one attached hydrogen (secondary N) is 1. The molecule has 0 aliphatic rings. The molecule has 24 heavy (non-hydrogen) atoms. The highest BCUT2D eigenvalue weighted by atomic mass is 32.2. The Hall–Kier alpha value is -2.06. The summed E-state index contributed by atoms with van der Waals surface area (Å²) in [6.45, 7) is 2.92. The molecule has 1 amide bonds. The lowest BCUT2D eigenvalue weighted by molar-refractivity contribution is -0.352. The molecule has 1 atom stereocenters. The highest BCUT2D eigenvalue weighted by Crippen LogP contribution is 2.37. The number of ether oxygens (including phenoxy) is 2. The minimum Gasteiger partial charge on any atom is -0.412 e. The molecule has 1 unspecified atom stereocenters. The van der Waals surface area contributed by atoms with Gasteiger partial charge in [-0.1, -0.05) is 13.2 Å². The first-order valence-electron chi connectivity index (χ1n) is 5.47. The molecular weight excluding hydrogens is 373 g/mol. The topological polar surface area (TPSA) is 119 Å². The Kier molecular flexibility index (Phi) is 6.61. The number of esters is 1. The Morgan fingerprint density at radius 2 is 1.67 bits per heavy atom. The summed E-state index contributed by atoms with van der Waals surface area (Å²) in [5, 5.41) is -3.93. The first kappa shape index (κ1) is 21.9. The summed E-state index contributed by atoms with van der Waals surface area (Å²) in [6.07, 6.45) is -5.38. The normalized spacial score (nSPS) is 15.1. The van der Waals surface area contributed by atoms with E-state index in [1.165, 1.54) is 5.32 Å². The maximum atomic E-state index is 13.1. The lowest BCUT2D eigenvalue weighted by atomic mass is 10.2. The van der Waals surface area contributed by atoms with Crippen LogP contribution >= 0.6 is 0 Å². The standard InChI is InChI=1S/C10H10F5NO7S/c1-3-6(17)23-9(10(13,14)15,7(18)16-4-2)22-5-8(11,12)24(19,20)21/h3-4H,1-2,5H2,(H,16,18)(H,19,20,21). The van der Waals surface area contributed by atoms with Crippen LogP contribution in [0.1, 0.15) is 0 Å². The molecule has 0 aromatic heterocycles. The van der Waals surface area contributed by atoms with Gasteiger partial charge in [0, 0.05) is 6.08 Å². The Morgan fingerprint density at radius 3 is 2.00 bits per heavy atom. The van der Waals surface area contributed by atoms with E-state index in [9.17, 15) is 40.0 Å². The molecule has 0 aliphatic heterocycles. The van der Waals surface area contributed by atoms with Crippen molar-refractivity contribution in [2.75, 3.05) is 6.61 Å². The van der Waals surface area contributed by atoms with E-state index in [4.69, 9.17) is 4.55 Å². The number of rotatable bonds is 8. The molecule has 14 heteroatoms. The zero-order chi connectivity index (χ0) is 19.4. The molecule has 0 fully saturated rings. The third kappa shape index (κ3) is 4.72. The summed E-state index contributed by atoms with van der Waals surface area (Å²) in [7, 11) is -6.18. The van der Waals surface area contributed by atoms with E-state index in [1.54, 1.807) is 0 Å². The number of hydrogen-bond acceptors (Lipinski definition) is 6. The first-order valence-corrected chi connectivity index (χ1v) is 6.91. The second kappa shape index (κ2) is 7.23. The summed E-state index contributed by atoms with van der Waals surface area (Å²) in [6, 6.07) is 0. The van der Waals surface area contributed by atoms with Crippen molar-refractivity contribution in [3.63, 3.8) is 0 Å². The number of amides is 1. The van der Waals surface area contributed by atoms with Crippen molar-refractivity contribution in [1.82, 2.24) is 5.32 Å². The quantitative estimate of drug-likeness (QED) is 0.209. The molecular formula is C10H10F5NO7S. The van der Waals surface area contributed by atoms with Gasteiger partial charge in [0.15, 0.2) is 0 Å². The van der Waals surface area contributed by atoms with Crippen LogP contribution in [0.2, 0.25) is 0 Å². The van der Waals surface area contributed by atoms with Gasteiger partial charge in [0.2, 0.25) is 0 Å². The summed E-state index contributed by atoms with van der Waals surface area (Å²) >= 11 is 0. The predicted octanol–water partition coefficient (Wildman–Crippen LogP) is 0.731. The van der Waals surface area contributed by atoms with E-state index in [0.717, 1.165) is 0 Å². The van der Waals surface area contributed by atoms with Crippen molar-refractivity contribution in [3.8, 4) is 0 Å². The number of alkyl halides is 5. The number of hydrogen-bond donors (Lipinski definition) is 2. The number of carbonyl (C=O) groups excluding carboxylic acids is 2. The van der Waals surface area contributed by atoms with Gasteiger partial charge in [0.25, 0.3) is 0 Å². The van der Waals surface area contributed by atoms with Crippen molar-refractivity contribution in [2.24, 2.45) is 0 Å². The van der Waals surface area contributed by atoms with Crippen LogP contribution in [-0.2, 0) is 29.2 Å². The fraction of sp³-hybridized carbons (Fsp3) is 0.400. The van der Waals surface area contributed by atoms with Crippen LogP contribution in [0.5, 0.6) is 0 Å². The number of halogens is 5. The van der Waals surface area contributed by atoms with Gasteiger partial charge in [-0.2, -0.15) is 30.4 Å². The van der Waals surface area contributed by atoms with E-state index in [1.807, 2.05) is 0 Å². The maximum absolute atomic E-state index is 13.1. The Morgan fingerprint density at radius 1 is 1.17 bits per heavy atom. The Bertz CT molecular complexity index is 630. The largest absolute Gasteiger partial charge is 0.466 e. The molecule has 8 nitrogen and oxygen atoms in total. The van der Waals surface area contributed by atoms with Crippen LogP contribution in [0, 0.1) is 0 Å². The fourth-order valence-electron chi connectivity index (χ4n) is 1.04. The molecule has 0 spiro atoms. The molecule has 0 rings (SSSR count). The van der Waals surface area contributed by atoms with Crippen LogP contribution in [0.4, 0.5) is 22.0 Å². The van der Waals surface area contributed by atoms with E-state index in [-0.39, 0.29) is 6.08 Å². The minimum atomic E-state index is -6.18. The minimum absolute atomic E-state index is 0.159. The molecule has 0 aliphatic carbocycles. The van der Waals surface area contributed by atoms with Crippen molar-refractivity contribution >= 4 is 22.0 Å². The van der Waals surface area contributed by atoms with Crippen molar-refractivity contribution in [1.29, 1.82) is 0 Å². The van der Waals surface area contributed by atoms with E-state index < -0.39 is 45.8 Å². The lowest BCUT2D eigenvalue weighted by Crippen LogP contribution is -2.61. The van der Waals surface area contributed by atoms with Gasteiger partial charge in [0.1, 0.15) is 6.61 Å².